The van der Waals surface area contributed by atoms with E-state index in [1.165, 1.54) is 10.9 Å². The van der Waals surface area contributed by atoms with E-state index in [-0.39, 0.29) is 18.1 Å². The predicted octanol–water partition coefficient (Wildman–Crippen LogP) is 3.53. The summed E-state index contributed by atoms with van der Waals surface area (Å²) in [5, 5.41) is 3.18. The maximum absolute atomic E-state index is 13.0. The molecule has 0 aliphatic heterocycles. The smallest absolute Gasteiger partial charge is 0.329 e. The van der Waals surface area contributed by atoms with Crippen molar-refractivity contribution in [3.05, 3.63) is 57.5 Å². The maximum Gasteiger partial charge on any atom is 0.329 e. The SMILES string of the molecule is CCOC(=O)[C@@H](CC)n1cnc2sc(C(=O)Nc3ccccc3)c(C)c2c1=O. The lowest BCUT2D eigenvalue weighted by atomic mass is 10.2. The van der Waals surface area contributed by atoms with Crippen LogP contribution >= 0.6 is 11.3 Å². The number of carbonyl (C=O) groups excluding carboxylic acids is 2. The standard InChI is InChI=1S/C20H21N3O4S/c1-4-14(20(26)27-5-2)23-11-21-18-15(19(23)25)12(3)16(28-18)17(24)22-13-9-7-6-8-10-13/h6-11,14H,4-5H2,1-3H3,(H,22,24)/t14-/m1/s1. The summed E-state index contributed by atoms with van der Waals surface area (Å²) in [6, 6.07) is 8.35. The molecule has 0 bridgehead atoms. The van der Waals surface area contributed by atoms with E-state index in [1.807, 2.05) is 18.2 Å². The van der Waals surface area contributed by atoms with Gasteiger partial charge in [-0.25, -0.2) is 9.78 Å². The quantitative estimate of drug-likeness (QED) is 0.641. The third-order valence-corrected chi connectivity index (χ3v) is 5.59. The largest absolute Gasteiger partial charge is 0.464 e. The van der Waals surface area contributed by atoms with Gasteiger partial charge >= 0.3 is 5.97 Å². The molecule has 3 aromatic rings. The first-order chi connectivity index (χ1) is 13.5. The summed E-state index contributed by atoms with van der Waals surface area (Å²) in [4.78, 5) is 43.1. The molecule has 1 aromatic carbocycles. The Morgan fingerprint density at radius 2 is 1.96 bits per heavy atom. The number of anilines is 1. The Hall–Kier alpha value is -3.00. The van der Waals surface area contributed by atoms with Gasteiger partial charge in [-0.15, -0.1) is 11.3 Å². The topological polar surface area (TPSA) is 90.3 Å². The number of hydrogen-bond donors (Lipinski definition) is 1. The summed E-state index contributed by atoms with van der Waals surface area (Å²) in [7, 11) is 0. The Balaban J connectivity index is 2.02. The van der Waals surface area contributed by atoms with Gasteiger partial charge in [-0.05, 0) is 38.0 Å². The number of fused-ring (bicyclic) bond motifs is 1. The first-order valence-electron chi connectivity index (χ1n) is 9.01. The number of para-hydroxylation sites is 1. The zero-order valence-corrected chi connectivity index (χ0v) is 16.7. The van der Waals surface area contributed by atoms with Crippen molar-refractivity contribution in [2.45, 2.75) is 33.2 Å². The number of nitrogens with one attached hydrogen (secondary N) is 1. The highest BCUT2D eigenvalue weighted by Crippen LogP contribution is 2.28. The number of hydrogen-bond acceptors (Lipinski definition) is 6. The average molecular weight is 399 g/mol. The lowest BCUT2D eigenvalue weighted by Gasteiger charge is -2.16. The minimum atomic E-state index is -0.745. The van der Waals surface area contributed by atoms with Gasteiger partial charge in [0.2, 0.25) is 0 Å². The first kappa shape index (κ1) is 19.8. The number of aromatic nitrogens is 2. The molecule has 28 heavy (non-hydrogen) atoms. The Labute approximate surface area is 166 Å². The van der Waals surface area contributed by atoms with Crippen LogP contribution in [-0.4, -0.2) is 28.0 Å². The number of benzene rings is 1. The summed E-state index contributed by atoms with van der Waals surface area (Å²) in [6.07, 6.45) is 1.75. The van der Waals surface area contributed by atoms with Gasteiger partial charge in [0, 0.05) is 5.69 Å². The second-order valence-electron chi connectivity index (χ2n) is 6.19. The Morgan fingerprint density at radius 3 is 2.61 bits per heavy atom. The molecule has 1 amide bonds. The second-order valence-corrected chi connectivity index (χ2v) is 7.19. The van der Waals surface area contributed by atoms with Crippen LogP contribution in [-0.2, 0) is 9.53 Å². The van der Waals surface area contributed by atoms with Gasteiger partial charge in [-0.3, -0.25) is 14.2 Å². The van der Waals surface area contributed by atoms with Crippen molar-refractivity contribution in [2.24, 2.45) is 0 Å². The number of ether oxygens (including phenoxy) is 1. The normalized spacial score (nSPS) is 12.0. The molecule has 0 saturated heterocycles. The molecule has 1 atom stereocenters. The number of esters is 1. The van der Waals surface area contributed by atoms with Crippen molar-refractivity contribution >= 4 is 39.1 Å². The lowest BCUT2D eigenvalue weighted by molar-refractivity contribution is -0.147. The van der Waals surface area contributed by atoms with Crippen LogP contribution in [0.1, 0.15) is 41.5 Å². The van der Waals surface area contributed by atoms with Crippen molar-refractivity contribution < 1.29 is 14.3 Å². The summed E-state index contributed by atoms with van der Waals surface area (Å²) < 4.78 is 6.36. The van der Waals surface area contributed by atoms with Crippen LogP contribution in [0.5, 0.6) is 0 Å². The molecule has 146 valence electrons. The zero-order valence-electron chi connectivity index (χ0n) is 15.9. The third-order valence-electron chi connectivity index (χ3n) is 4.39. The number of carbonyl (C=O) groups is 2. The Bertz CT molecular complexity index is 1070. The fourth-order valence-electron chi connectivity index (χ4n) is 3.00. The van der Waals surface area contributed by atoms with Crippen LogP contribution in [0.2, 0.25) is 0 Å². The highest BCUT2D eigenvalue weighted by molar-refractivity contribution is 7.20. The molecule has 8 heteroatoms. The van der Waals surface area contributed by atoms with Crippen molar-refractivity contribution in [3.8, 4) is 0 Å². The Morgan fingerprint density at radius 1 is 1.25 bits per heavy atom. The predicted molar refractivity (Wildman–Crippen MR) is 109 cm³/mol. The number of aryl methyl sites for hydroxylation is 1. The van der Waals surface area contributed by atoms with Gasteiger partial charge in [0.25, 0.3) is 11.5 Å². The molecule has 2 aromatic heterocycles. The molecule has 0 fully saturated rings. The van der Waals surface area contributed by atoms with E-state index in [0.717, 1.165) is 11.3 Å². The summed E-state index contributed by atoms with van der Waals surface area (Å²) in [6.45, 7) is 5.48. The molecule has 0 unspecified atom stereocenters. The van der Waals surface area contributed by atoms with Crippen LogP contribution in [0.4, 0.5) is 5.69 Å². The van der Waals surface area contributed by atoms with Crippen LogP contribution in [0.25, 0.3) is 10.2 Å². The van der Waals surface area contributed by atoms with Crippen molar-refractivity contribution in [1.82, 2.24) is 9.55 Å². The van der Waals surface area contributed by atoms with E-state index < -0.39 is 12.0 Å². The van der Waals surface area contributed by atoms with E-state index >= 15 is 0 Å². The molecule has 0 saturated carbocycles. The molecule has 0 aliphatic rings. The summed E-state index contributed by atoms with van der Waals surface area (Å²) >= 11 is 1.16. The average Bonchev–Trinajstić information content (AvgIpc) is 3.02. The van der Waals surface area contributed by atoms with Crippen LogP contribution in [0, 0.1) is 6.92 Å². The number of nitrogens with zero attached hydrogens (tertiary/aromatic N) is 2. The molecular weight excluding hydrogens is 378 g/mol. The zero-order chi connectivity index (χ0) is 20.3. The monoisotopic (exact) mass is 399 g/mol. The lowest BCUT2D eigenvalue weighted by Crippen LogP contribution is -2.31. The van der Waals surface area contributed by atoms with E-state index in [0.29, 0.717) is 32.8 Å². The molecule has 2 heterocycles. The minimum Gasteiger partial charge on any atom is -0.464 e. The fraction of sp³-hybridized carbons (Fsp3) is 0.300. The van der Waals surface area contributed by atoms with Crippen molar-refractivity contribution in [1.29, 1.82) is 0 Å². The van der Waals surface area contributed by atoms with E-state index in [1.54, 1.807) is 32.9 Å². The second kappa shape index (κ2) is 8.35. The molecule has 0 radical (unpaired) electrons. The number of rotatable bonds is 6. The molecule has 0 spiro atoms. The molecule has 0 aliphatic carbocycles. The van der Waals surface area contributed by atoms with Gasteiger partial charge in [-0.1, -0.05) is 25.1 Å². The first-order valence-corrected chi connectivity index (χ1v) is 9.82. The highest BCUT2D eigenvalue weighted by Gasteiger charge is 2.25. The fourth-order valence-corrected chi connectivity index (χ4v) is 4.04. The Kier molecular flexibility index (Phi) is 5.89. The van der Waals surface area contributed by atoms with E-state index in [9.17, 15) is 14.4 Å². The van der Waals surface area contributed by atoms with Crippen LogP contribution in [0.15, 0.2) is 41.5 Å². The third kappa shape index (κ3) is 3.68. The number of amides is 1. The van der Waals surface area contributed by atoms with E-state index in [2.05, 4.69) is 10.3 Å². The molecule has 3 rings (SSSR count). The van der Waals surface area contributed by atoms with Gasteiger partial charge < -0.3 is 10.1 Å². The van der Waals surface area contributed by atoms with Crippen molar-refractivity contribution in [2.75, 3.05) is 11.9 Å². The molecular formula is C20H21N3O4S. The molecule has 7 nitrogen and oxygen atoms in total. The van der Waals surface area contributed by atoms with Gasteiger partial charge in [0.1, 0.15) is 10.9 Å². The van der Waals surface area contributed by atoms with Crippen molar-refractivity contribution in [3.63, 3.8) is 0 Å². The van der Waals surface area contributed by atoms with Gasteiger partial charge in [0.05, 0.1) is 23.2 Å². The minimum absolute atomic E-state index is 0.237. The molecule has 1 N–H and O–H groups in total. The maximum atomic E-state index is 13.0. The van der Waals surface area contributed by atoms with Gasteiger partial charge in [-0.2, -0.15) is 0 Å². The summed E-state index contributed by atoms with van der Waals surface area (Å²) in [5.41, 5.74) is 0.875. The van der Waals surface area contributed by atoms with Gasteiger partial charge in [0.15, 0.2) is 0 Å². The number of thiophene rings is 1. The summed E-state index contributed by atoms with van der Waals surface area (Å²) in [5.74, 6) is -0.765. The van der Waals surface area contributed by atoms with E-state index in [4.69, 9.17) is 4.74 Å². The van der Waals surface area contributed by atoms with Crippen LogP contribution in [0.3, 0.4) is 0 Å². The highest BCUT2D eigenvalue weighted by atomic mass is 32.1. The van der Waals surface area contributed by atoms with Crippen LogP contribution < -0.4 is 10.9 Å².